The molecule has 104 valence electrons. The minimum Gasteiger partial charge on any atom is -0.508 e. The third kappa shape index (κ3) is 2.93. The first-order chi connectivity index (χ1) is 9.22. The Labute approximate surface area is 115 Å². The molecule has 1 N–H and O–H groups in total. The van der Waals surface area contributed by atoms with Crippen molar-refractivity contribution >= 4 is 0 Å². The normalized spacial score (nSPS) is 25.2. The summed E-state index contributed by atoms with van der Waals surface area (Å²) in [6.45, 7) is 7.74. The van der Waals surface area contributed by atoms with Gasteiger partial charge in [0.15, 0.2) is 0 Å². The summed E-state index contributed by atoms with van der Waals surface area (Å²) in [5.74, 6) is 0.441. The van der Waals surface area contributed by atoms with Gasteiger partial charge in [0.2, 0.25) is 0 Å². The van der Waals surface area contributed by atoms with Crippen molar-refractivity contribution in [2.45, 2.75) is 38.8 Å². The molecule has 2 aliphatic rings. The maximum absolute atomic E-state index is 9.96. The van der Waals surface area contributed by atoms with E-state index in [1.165, 1.54) is 37.9 Å². The van der Waals surface area contributed by atoms with Gasteiger partial charge in [0.25, 0.3) is 0 Å². The van der Waals surface area contributed by atoms with Crippen molar-refractivity contribution in [2.75, 3.05) is 26.2 Å². The number of phenols is 1. The van der Waals surface area contributed by atoms with E-state index in [0.29, 0.717) is 5.75 Å². The molecule has 3 rings (SSSR count). The smallest absolute Gasteiger partial charge is 0.120 e. The summed E-state index contributed by atoms with van der Waals surface area (Å²) in [4.78, 5) is 5.15. The molecule has 3 nitrogen and oxygen atoms in total. The van der Waals surface area contributed by atoms with E-state index in [4.69, 9.17) is 0 Å². The van der Waals surface area contributed by atoms with Crippen LogP contribution < -0.4 is 0 Å². The lowest BCUT2D eigenvalue weighted by molar-refractivity contribution is 0.0453. The Kier molecular flexibility index (Phi) is 3.76. The number of benzene rings is 1. The number of hydrogen-bond acceptors (Lipinski definition) is 3. The first kappa shape index (κ1) is 12.9. The highest BCUT2D eigenvalue weighted by atomic mass is 16.3. The van der Waals surface area contributed by atoms with Crippen LogP contribution in [0.15, 0.2) is 18.2 Å². The van der Waals surface area contributed by atoms with Crippen LogP contribution in [0.25, 0.3) is 0 Å². The van der Waals surface area contributed by atoms with E-state index in [-0.39, 0.29) is 0 Å². The highest BCUT2D eigenvalue weighted by Crippen LogP contribution is 2.24. The van der Waals surface area contributed by atoms with Gasteiger partial charge in [-0.25, -0.2) is 0 Å². The number of aromatic hydroxyl groups is 1. The van der Waals surface area contributed by atoms with Crippen molar-refractivity contribution in [3.8, 4) is 5.75 Å². The largest absolute Gasteiger partial charge is 0.508 e. The van der Waals surface area contributed by atoms with Gasteiger partial charge in [-0.1, -0.05) is 24.1 Å². The van der Waals surface area contributed by atoms with Gasteiger partial charge in [-0.15, -0.1) is 0 Å². The van der Waals surface area contributed by atoms with Gasteiger partial charge < -0.3 is 5.11 Å². The van der Waals surface area contributed by atoms with Crippen LogP contribution in [0.3, 0.4) is 0 Å². The zero-order chi connectivity index (χ0) is 13.2. The van der Waals surface area contributed by atoms with Gasteiger partial charge in [-0.2, -0.15) is 0 Å². The number of piperidine rings is 1. The summed E-state index contributed by atoms with van der Waals surface area (Å²) in [6.07, 6.45) is 4.09. The quantitative estimate of drug-likeness (QED) is 0.884. The summed E-state index contributed by atoms with van der Waals surface area (Å²) in [6, 6.07) is 6.65. The summed E-state index contributed by atoms with van der Waals surface area (Å²) in [5, 5.41) is 9.96. The molecule has 0 radical (unpaired) electrons. The molecule has 0 aliphatic carbocycles. The van der Waals surface area contributed by atoms with Crippen molar-refractivity contribution in [3.63, 3.8) is 0 Å². The summed E-state index contributed by atoms with van der Waals surface area (Å²) in [5.41, 5.74) is 2.30. The van der Waals surface area contributed by atoms with Crippen molar-refractivity contribution in [2.24, 2.45) is 0 Å². The molecular weight excluding hydrogens is 236 g/mol. The third-order valence-electron chi connectivity index (χ3n) is 4.55. The van der Waals surface area contributed by atoms with Gasteiger partial charge in [0, 0.05) is 37.8 Å². The van der Waals surface area contributed by atoms with Crippen molar-refractivity contribution in [1.29, 1.82) is 0 Å². The van der Waals surface area contributed by atoms with E-state index < -0.39 is 0 Å². The van der Waals surface area contributed by atoms with Gasteiger partial charge in [-0.3, -0.25) is 9.80 Å². The Morgan fingerprint density at radius 3 is 3.00 bits per heavy atom. The summed E-state index contributed by atoms with van der Waals surface area (Å²) in [7, 11) is 0. The highest BCUT2D eigenvalue weighted by Gasteiger charge is 2.28. The molecule has 3 heteroatoms. The zero-order valence-electron chi connectivity index (χ0n) is 11.8. The van der Waals surface area contributed by atoms with Crippen LogP contribution >= 0.6 is 0 Å². The van der Waals surface area contributed by atoms with E-state index in [1.54, 1.807) is 0 Å². The SMILES string of the molecule is Cc1ccc(O)c(CN2CCN3CCCCC3C2)c1. The minimum atomic E-state index is 0.441. The fraction of sp³-hybridized carbons (Fsp3) is 0.625. The average molecular weight is 260 g/mol. The Bertz CT molecular complexity index is 446. The van der Waals surface area contributed by atoms with Gasteiger partial charge in [0.05, 0.1) is 0 Å². The number of nitrogens with zero attached hydrogens (tertiary/aromatic N) is 2. The second kappa shape index (κ2) is 5.51. The molecule has 2 aliphatic heterocycles. The van der Waals surface area contributed by atoms with Crippen molar-refractivity contribution in [3.05, 3.63) is 29.3 Å². The van der Waals surface area contributed by atoms with Crippen LogP contribution in [-0.2, 0) is 6.54 Å². The first-order valence-corrected chi connectivity index (χ1v) is 7.47. The van der Waals surface area contributed by atoms with Crippen LogP contribution in [0.2, 0.25) is 0 Å². The number of piperazine rings is 1. The lowest BCUT2D eigenvalue weighted by Crippen LogP contribution is -2.54. The zero-order valence-corrected chi connectivity index (χ0v) is 11.8. The standard InChI is InChI=1S/C16H24N2O/c1-13-5-6-16(19)14(10-13)11-17-8-9-18-7-3-2-4-15(18)12-17/h5-6,10,15,19H,2-4,7-9,11-12H2,1H3. The van der Waals surface area contributed by atoms with Gasteiger partial charge in [-0.05, 0) is 32.4 Å². The van der Waals surface area contributed by atoms with Gasteiger partial charge in [0.1, 0.15) is 5.75 Å². The Morgan fingerprint density at radius 2 is 2.11 bits per heavy atom. The van der Waals surface area contributed by atoms with E-state index in [9.17, 15) is 5.11 Å². The van der Waals surface area contributed by atoms with Crippen LogP contribution in [0.5, 0.6) is 5.75 Å². The monoisotopic (exact) mass is 260 g/mol. The maximum atomic E-state index is 9.96. The number of rotatable bonds is 2. The van der Waals surface area contributed by atoms with Crippen LogP contribution in [0.4, 0.5) is 0 Å². The van der Waals surface area contributed by atoms with Crippen LogP contribution in [0.1, 0.15) is 30.4 Å². The molecule has 1 aromatic carbocycles. The lowest BCUT2D eigenvalue weighted by atomic mass is 9.99. The van der Waals surface area contributed by atoms with E-state index >= 15 is 0 Å². The molecule has 2 heterocycles. The molecule has 0 spiro atoms. The second-order valence-corrected chi connectivity index (χ2v) is 6.05. The van der Waals surface area contributed by atoms with Gasteiger partial charge >= 0.3 is 0 Å². The second-order valence-electron chi connectivity index (χ2n) is 6.05. The molecule has 0 saturated carbocycles. The molecule has 2 fully saturated rings. The number of phenolic OH excluding ortho intramolecular Hbond substituents is 1. The van der Waals surface area contributed by atoms with Crippen LogP contribution in [-0.4, -0.2) is 47.1 Å². The Morgan fingerprint density at radius 1 is 1.21 bits per heavy atom. The predicted molar refractivity (Wildman–Crippen MR) is 77.3 cm³/mol. The Hall–Kier alpha value is -1.06. The molecule has 19 heavy (non-hydrogen) atoms. The molecule has 1 aromatic rings. The molecule has 0 bridgehead atoms. The molecule has 0 aromatic heterocycles. The van der Waals surface area contributed by atoms with Crippen molar-refractivity contribution < 1.29 is 5.11 Å². The predicted octanol–water partition coefficient (Wildman–Crippen LogP) is 2.37. The average Bonchev–Trinajstić information content (AvgIpc) is 2.43. The molecule has 1 atom stereocenters. The molecule has 0 amide bonds. The molecule has 1 unspecified atom stereocenters. The molecule has 2 saturated heterocycles. The van der Waals surface area contributed by atoms with Crippen molar-refractivity contribution in [1.82, 2.24) is 9.80 Å². The Balaban J connectivity index is 1.65. The van der Waals surface area contributed by atoms with Crippen LogP contribution in [0, 0.1) is 6.92 Å². The third-order valence-corrected chi connectivity index (χ3v) is 4.55. The minimum absolute atomic E-state index is 0.441. The number of fused-ring (bicyclic) bond motifs is 1. The van der Waals surface area contributed by atoms with E-state index in [0.717, 1.165) is 31.2 Å². The number of hydrogen-bond donors (Lipinski definition) is 1. The lowest BCUT2D eigenvalue weighted by Gasteiger charge is -2.44. The van der Waals surface area contributed by atoms with E-state index in [2.05, 4.69) is 22.8 Å². The van der Waals surface area contributed by atoms with E-state index in [1.807, 2.05) is 12.1 Å². The first-order valence-electron chi connectivity index (χ1n) is 7.47. The highest BCUT2D eigenvalue weighted by molar-refractivity contribution is 5.35. The fourth-order valence-electron chi connectivity index (χ4n) is 3.45. The molecular formula is C16H24N2O. The topological polar surface area (TPSA) is 26.7 Å². The summed E-state index contributed by atoms with van der Waals surface area (Å²) >= 11 is 0. The summed E-state index contributed by atoms with van der Waals surface area (Å²) < 4.78 is 0. The fourth-order valence-corrected chi connectivity index (χ4v) is 3.45. The maximum Gasteiger partial charge on any atom is 0.120 e. The number of aryl methyl sites for hydroxylation is 1.